The lowest BCUT2D eigenvalue weighted by molar-refractivity contribution is -0.249. The average Bonchev–Trinajstić information content (AvgIpc) is 2.10. The van der Waals surface area contributed by atoms with Gasteiger partial charge in [0.25, 0.3) is 0 Å². The van der Waals surface area contributed by atoms with Crippen LogP contribution in [0.3, 0.4) is 0 Å². The van der Waals surface area contributed by atoms with Crippen molar-refractivity contribution in [2.75, 3.05) is 13.7 Å². The van der Waals surface area contributed by atoms with E-state index in [0.29, 0.717) is 0 Å². The predicted octanol–water partition coefficient (Wildman–Crippen LogP) is -0.0147. The Bertz CT molecular complexity index is 128. The molecular formula is C5H8F2O3. The van der Waals surface area contributed by atoms with E-state index in [9.17, 15) is 8.78 Å². The highest BCUT2D eigenvalue weighted by molar-refractivity contribution is 4.83. The molecule has 0 aromatic heterocycles. The minimum atomic E-state index is -3.44. The van der Waals surface area contributed by atoms with Crippen LogP contribution < -0.4 is 0 Å². The van der Waals surface area contributed by atoms with Gasteiger partial charge in [-0.05, 0) is 0 Å². The Morgan fingerprint density at radius 2 is 2.30 bits per heavy atom. The Labute approximate surface area is 56.5 Å². The van der Waals surface area contributed by atoms with Gasteiger partial charge in [0.1, 0.15) is 6.10 Å². The fraction of sp³-hybridized carbons (Fsp3) is 1.00. The van der Waals surface area contributed by atoms with Crippen molar-refractivity contribution < 1.29 is 23.4 Å². The van der Waals surface area contributed by atoms with E-state index in [1.54, 1.807) is 0 Å². The number of hydrogen-bond acceptors (Lipinski definition) is 3. The first-order valence-electron chi connectivity index (χ1n) is 2.80. The summed E-state index contributed by atoms with van der Waals surface area (Å²) in [5.74, 6) is 0. The van der Waals surface area contributed by atoms with E-state index in [2.05, 4.69) is 9.47 Å². The molecule has 0 saturated carbocycles. The molecule has 5 heteroatoms. The Morgan fingerprint density at radius 3 is 2.50 bits per heavy atom. The molecule has 2 atom stereocenters. The summed E-state index contributed by atoms with van der Waals surface area (Å²) < 4.78 is 32.9. The van der Waals surface area contributed by atoms with Gasteiger partial charge in [-0.1, -0.05) is 0 Å². The van der Waals surface area contributed by atoms with Gasteiger partial charge >= 0.3 is 6.11 Å². The van der Waals surface area contributed by atoms with Crippen LogP contribution in [0.5, 0.6) is 0 Å². The van der Waals surface area contributed by atoms with E-state index < -0.39 is 18.3 Å². The van der Waals surface area contributed by atoms with E-state index in [0.717, 1.165) is 0 Å². The standard InChI is InChI=1S/C5H8F2O3/c1-9-3-2-10-5(6,7)4(3)8/h3-4,8H,2H2,1H3. The summed E-state index contributed by atoms with van der Waals surface area (Å²) >= 11 is 0. The lowest BCUT2D eigenvalue weighted by atomic mass is 10.2. The minimum Gasteiger partial charge on any atom is -0.381 e. The molecule has 3 nitrogen and oxygen atoms in total. The van der Waals surface area contributed by atoms with E-state index in [-0.39, 0.29) is 6.61 Å². The number of aliphatic hydroxyl groups excluding tert-OH is 1. The maximum atomic E-state index is 12.2. The van der Waals surface area contributed by atoms with Crippen molar-refractivity contribution in [2.45, 2.75) is 18.3 Å². The molecule has 1 N–H and O–H groups in total. The third-order valence-corrected chi connectivity index (χ3v) is 1.44. The zero-order valence-electron chi connectivity index (χ0n) is 5.38. The van der Waals surface area contributed by atoms with Crippen LogP contribution >= 0.6 is 0 Å². The highest BCUT2D eigenvalue weighted by Gasteiger charge is 2.51. The minimum absolute atomic E-state index is 0.259. The maximum absolute atomic E-state index is 12.2. The van der Waals surface area contributed by atoms with Crippen molar-refractivity contribution in [1.29, 1.82) is 0 Å². The third kappa shape index (κ3) is 1.12. The number of halogens is 2. The second-order valence-electron chi connectivity index (χ2n) is 2.09. The van der Waals surface area contributed by atoms with Crippen LogP contribution in [0.2, 0.25) is 0 Å². The maximum Gasteiger partial charge on any atom is 0.384 e. The molecule has 0 amide bonds. The van der Waals surface area contributed by atoms with Crippen LogP contribution in [0.1, 0.15) is 0 Å². The molecule has 1 aliphatic rings. The molecule has 0 aromatic rings. The number of ether oxygens (including phenoxy) is 2. The Balaban J connectivity index is 2.58. The number of methoxy groups -OCH3 is 1. The van der Waals surface area contributed by atoms with Gasteiger partial charge in [-0.2, -0.15) is 8.78 Å². The molecule has 10 heavy (non-hydrogen) atoms. The first-order valence-corrected chi connectivity index (χ1v) is 2.80. The van der Waals surface area contributed by atoms with Gasteiger partial charge in [-0.3, -0.25) is 0 Å². The van der Waals surface area contributed by atoms with E-state index >= 15 is 0 Å². The summed E-state index contributed by atoms with van der Waals surface area (Å²) in [7, 11) is 1.25. The molecule has 2 unspecified atom stereocenters. The zero-order chi connectivity index (χ0) is 7.78. The van der Waals surface area contributed by atoms with E-state index in [1.165, 1.54) is 7.11 Å². The van der Waals surface area contributed by atoms with Crippen LogP contribution in [0.4, 0.5) is 8.78 Å². The molecule has 0 aromatic carbocycles. The second kappa shape index (κ2) is 2.41. The molecule has 1 aliphatic heterocycles. The second-order valence-corrected chi connectivity index (χ2v) is 2.09. The lowest BCUT2D eigenvalue weighted by Gasteiger charge is -2.13. The summed E-state index contributed by atoms with van der Waals surface area (Å²) in [4.78, 5) is 0. The molecule has 1 rings (SSSR count). The van der Waals surface area contributed by atoms with E-state index in [1.807, 2.05) is 0 Å². The van der Waals surface area contributed by atoms with E-state index in [4.69, 9.17) is 5.11 Å². The monoisotopic (exact) mass is 154 g/mol. The highest BCUT2D eigenvalue weighted by atomic mass is 19.3. The van der Waals surface area contributed by atoms with Gasteiger partial charge in [-0.25, -0.2) is 0 Å². The molecule has 1 heterocycles. The van der Waals surface area contributed by atoms with Crippen molar-refractivity contribution >= 4 is 0 Å². The topological polar surface area (TPSA) is 38.7 Å². The van der Waals surface area contributed by atoms with Crippen molar-refractivity contribution in [3.05, 3.63) is 0 Å². The van der Waals surface area contributed by atoms with Gasteiger partial charge in [0.15, 0.2) is 6.10 Å². The molecule has 60 valence electrons. The van der Waals surface area contributed by atoms with Crippen LogP contribution in [-0.2, 0) is 9.47 Å². The third-order valence-electron chi connectivity index (χ3n) is 1.44. The smallest absolute Gasteiger partial charge is 0.381 e. The summed E-state index contributed by atoms with van der Waals surface area (Å²) in [6.07, 6.45) is -6.19. The van der Waals surface area contributed by atoms with Crippen LogP contribution in [0.25, 0.3) is 0 Å². The summed E-state index contributed by atoms with van der Waals surface area (Å²) in [5, 5.41) is 8.72. The van der Waals surface area contributed by atoms with Crippen molar-refractivity contribution in [2.24, 2.45) is 0 Å². The van der Waals surface area contributed by atoms with Crippen LogP contribution in [0.15, 0.2) is 0 Å². The molecule has 0 radical (unpaired) electrons. The fourth-order valence-electron chi connectivity index (χ4n) is 0.783. The van der Waals surface area contributed by atoms with Gasteiger partial charge < -0.3 is 14.6 Å². The number of hydrogen-bond donors (Lipinski definition) is 1. The molecular weight excluding hydrogens is 146 g/mol. The first-order chi connectivity index (χ1) is 4.58. The lowest BCUT2D eigenvalue weighted by Crippen LogP contribution is -2.36. The highest BCUT2D eigenvalue weighted by Crippen LogP contribution is 2.30. The van der Waals surface area contributed by atoms with Gasteiger partial charge in [0.2, 0.25) is 0 Å². The first kappa shape index (κ1) is 7.84. The fourth-order valence-corrected chi connectivity index (χ4v) is 0.783. The van der Waals surface area contributed by atoms with Crippen molar-refractivity contribution in [3.8, 4) is 0 Å². The molecule has 1 saturated heterocycles. The van der Waals surface area contributed by atoms with Gasteiger partial charge in [-0.15, -0.1) is 0 Å². The largest absolute Gasteiger partial charge is 0.384 e. The Kier molecular flexibility index (Phi) is 1.89. The SMILES string of the molecule is COC1COC(F)(F)C1O. The molecule has 0 bridgehead atoms. The van der Waals surface area contributed by atoms with Crippen molar-refractivity contribution in [3.63, 3.8) is 0 Å². The molecule has 1 fully saturated rings. The van der Waals surface area contributed by atoms with Gasteiger partial charge in [0, 0.05) is 7.11 Å². The number of aliphatic hydroxyl groups is 1. The summed E-state index contributed by atoms with van der Waals surface area (Å²) in [6.45, 7) is -0.259. The molecule has 0 aliphatic carbocycles. The molecule has 0 spiro atoms. The normalized spacial score (nSPS) is 38.4. The predicted molar refractivity (Wildman–Crippen MR) is 27.7 cm³/mol. The van der Waals surface area contributed by atoms with Crippen LogP contribution in [-0.4, -0.2) is 37.1 Å². The Morgan fingerprint density at radius 1 is 1.70 bits per heavy atom. The quantitative estimate of drug-likeness (QED) is 0.577. The summed E-state index contributed by atoms with van der Waals surface area (Å²) in [5.41, 5.74) is 0. The van der Waals surface area contributed by atoms with Gasteiger partial charge in [0.05, 0.1) is 6.61 Å². The number of alkyl halides is 2. The summed E-state index contributed by atoms with van der Waals surface area (Å²) in [6, 6.07) is 0. The van der Waals surface area contributed by atoms with Crippen molar-refractivity contribution in [1.82, 2.24) is 0 Å². The Hall–Kier alpha value is -0.260. The zero-order valence-corrected chi connectivity index (χ0v) is 5.38. The van der Waals surface area contributed by atoms with Crippen LogP contribution in [0, 0.1) is 0 Å². The number of rotatable bonds is 1. The average molecular weight is 154 g/mol.